The molecule has 0 fully saturated rings. The molecule has 96 valence electrons. The zero-order chi connectivity index (χ0) is 13.4. The van der Waals surface area contributed by atoms with E-state index in [1.165, 1.54) is 41.6 Å². The summed E-state index contributed by atoms with van der Waals surface area (Å²) in [7, 11) is 0. The minimum Gasteiger partial charge on any atom is -0.0955 e. The molecule has 0 spiro atoms. The van der Waals surface area contributed by atoms with E-state index in [-0.39, 0.29) is 0 Å². The molecule has 0 bridgehead atoms. The molecule has 17 heavy (non-hydrogen) atoms. The largest absolute Gasteiger partial charge is 0.0955 e. The molecule has 0 aromatic rings. The van der Waals surface area contributed by atoms with Crippen molar-refractivity contribution in [2.75, 3.05) is 0 Å². The van der Waals surface area contributed by atoms with Gasteiger partial charge in [-0.1, -0.05) is 50.1 Å². The monoisotopic (exact) mass is 232 g/mol. The summed E-state index contributed by atoms with van der Waals surface area (Å²) < 4.78 is 0. The van der Waals surface area contributed by atoms with Crippen molar-refractivity contribution < 1.29 is 0 Å². The lowest BCUT2D eigenvalue weighted by Gasteiger charge is -2.16. The average molecular weight is 232 g/mol. The number of hydrogen-bond acceptors (Lipinski definition) is 0. The van der Waals surface area contributed by atoms with Crippen LogP contribution in [-0.2, 0) is 0 Å². The zero-order valence-corrected chi connectivity index (χ0v) is 12.3. The number of allylic oxidation sites excluding steroid dienone is 6. The van der Waals surface area contributed by atoms with E-state index in [0.717, 1.165) is 12.0 Å². The summed E-state index contributed by atoms with van der Waals surface area (Å²) in [6, 6.07) is 0. The Hall–Kier alpha value is -1.04. The highest BCUT2D eigenvalue weighted by molar-refractivity contribution is 5.51. The normalized spacial score (nSPS) is 13.4. The molecule has 0 radical (unpaired) electrons. The van der Waals surface area contributed by atoms with Crippen LogP contribution in [0.15, 0.2) is 47.1 Å². The first-order valence-electron chi connectivity index (χ1n) is 6.63. The third-order valence-electron chi connectivity index (χ3n) is 3.26. The molecule has 0 aliphatic rings. The molecule has 0 heterocycles. The van der Waals surface area contributed by atoms with Crippen molar-refractivity contribution in [1.29, 1.82) is 0 Å². The Morgan fingerprint density at radius 3 is 2.06 bits per heavy atom. The molecule has 0 aliphatic carbocycles. The van der Waals surface area contributed by atoms with Crippen molar-refractivity contribution in [3.05, 3.63) is 47.1 Å². The van der Waals surface area contributed by atoms with Gasteiger partial charge in [-0.15, -0.1) is 0 Å². The van der Waals surface area contributed by atoms with Crippen LogP contribution in [0.5, 0.6) is 0 Å². The minimum absolute atomic E-state index is 1.09. The minimum atomic E-state index is 1.09. The highest BCUT2D eigenvalue weighted by atomic mass is 14.1. The van der Waals surface area contributed by atoms with Crippen molar-refractivity contribution in [3.8, 4) is 0 Å². The lowest BCUT2D eigenvalue weighted by atomic mass is 9.90. The van der Waals surface area contributed by atoms with E-state index in [1.54, 1.807) is 0 Å². The van der Waals surface area contributed by atoms with Crippen molar-refractivity contribution in [2.24, 2.45) is 0 Å². The molecular weight excluding hydrogens is 204 g/mol. The topological polar surface area (TPSA) is 0 Å². The molecule has 0 aromatic heterocycles. The average Bonchev–Trinajstić information content (AvgIpc) is 2.27. The fourth-order valence-electron chi connectivity index (χ4n) is 2.01. The summed E-state index contributed by atoms with van der Waals surface area (Å²) in [5.41, 5.74) is 6.28. The summed E-state index contributed by atoms with van der Waals surface area (Å²) >= 11 is 0. The van der Waals surface area contributed by atoms with E-state index < -0.39 is 0 Å². The maximum atomic E-state index is 4.24. The fraction of sp³-hybridized carbons (Fsp3) is 0.529. The summed E-state index contributed by atoms with van der Waals surface area (Å²) in [5, 5.41) is 0. The van der Waals surface area contributed by atoms with Crippen LogP contribution in [0.4, 0.5) is 0 Å². The van der Waals surface area contributed by atoms with Gasteiger partial charge in [0.1, 0.15) is 0 Å². The molecule has 0 rings (SSSR count). The van der Waals surface area contributed by atoms with Crippen LogP contribution in [0.3, 0.4) is 0 Å². The molecule has 0 N–H and O–H groups in total. The van der Waals surface area contributed by atoms with Crippen molar-refractivity contribution in [2.45, 2.75) is 60.3 Å². The molecule has 0 atom stereocenters. The lowest BCUT2D eigenvalue weighted by molar-refractivity contribution is 0.717. The SMILES string of the molecule is C=C(C)C(C(=C)CCCCC)=C(C)C(C)=CC. The number of unbranched alkanes of at least 4 members (excludes halogenated alkanes) is 2. The fourth-order valence-corrected chi connectivity index (χ4v) is 2.01. The molecule has 0 saturated heterocycles. The van der Waals surface area contributed by atoms with Crippen LogP contribution in [0.25, 0.3) is 0 Å². The van der Waals surface area contributed by atoms with Crippen LogP contribution in [0.2, 0.25) is 0 Å². The summed E-state index contributed by atoms with van der Waals surface area (Å²) in [6.45, 7) is 19.0. The Balaban J connectivity index is 4.99. The van der Waals surface area contributed by atoms with Crippen LogP contribution >= 0.6 is 0 Å². The second-order valence-corrected chi connectivity index (χ2v) is 4.81. The van der Waals surface area contributed by atoms with Crippen LogP contribution < -0.4 is 0 Å². The number of hydrogen-bond donors (Lipinski definition) is 0. The highest BCUT2D eigenvalue weighted by Crippen LogP contribution is 2.28. The van der Waals surface area contributed by atoms with Gasteiger partial charge in [-0.3, -0.25) is 0 Å². The van der Waals surface area contributed by atoms with Crippen LogP contribution in [-0.4, -0.2) is 0 Å². The van der Waals surface area contributed by atoms with Gasteiger partial charge >= 0.3 is 0 Å². The summed E-state index contributed by atoms with van der Waals surface area (Å²) in [6.07, 6.45) is 7.01. The molecule has 0 nitrogen and oxygen atoms in total. The third kappa shape index (κ3) is 5.21. The Kier molecular flexibility index (Phi) is 7.61. The first-order valence-corrected chi connectivity index (χ1v) is 6.63. The van der Waals surface area contributed by atoms with Crippen molar-refractivity contribution >= 4 is 0 Å². The van der Waals surface area contributed by atoms with Crippen LogP contribution in [0.1, 0.15) is 60.3 Å². The first-order chi connectivity index (χ1) is 7.95. The van der Waals surface area contributed by atoms with Gasteiger partial charge in [-0.05, 0) is 57.3 Å². The summed E-state index contributed by atoms with van der Waals surface area (Å²) in [4.78, 5) is 0. The molecule has 0 aromatic carbocycles. The second kappa shape index (κ2) is 8.11. The quantitative estimate of drug-likeness (QED) is 0.374. The van der Waals surface area contributed by atoms with Gasteiger partial charge in [0.05, 0.1) is 0 Å². The molecule has 0 unspecified atom stereocenters. The first kappa shape index (κ1) is 16.0. The van der Waals surface area contributed by atoms with E-state index in [2.05, 4.69) is 53.9 Å². The predicted octanol–water partition coefficient (Wildman–Crippen LogP) is 5.98. The second-order valence-electron chi connectivity index (χ2n) is 4.81. The Bertz CT molecular complexity index is 337. The number of rotatable bonds is 7. The summed E-state index contributed by atoms with van der Waals surface area (Å²) in [5.74, 6) is 0. The van der Waals surface area contributed by atoms with Crippen molar-refractivity contribution in [1.82, 2.24) is 0 Å². The molecular formula is C17H28. The van der Waals surface area contributed by atoms with Gasteiger partial charge in [0, 0.05) is 0 Å². The third-order valence-corrected chi connectivity index (χ3v) is 3.26. The van der Waals surface area contributed by atoms with Gasteiger partial charge < -0.3 is 0 Å². The van der Waals surface area contributed by atoms with Gasteiger partial charge in [-0.2, -0.15) is 0 Å². The Labute approximate surface area is 108 Å². The van der Waals surface area contributed by atoms with Crippen molar-refractivity contribution in [3.63, 3.8) is 0 Å². The molecule has 0 amide bonds. The molecule has 0 heteroatoms. The van der Waals surface area contributed by atoms with E-state index in [9.17, 15) is 0 Å². The molecule has 0 aliphatic heterocycles. The van der Waals surface area contributed by atoms with Gasteiger partial charge in [0.15, 0.2) is 0 Å². The smallest absolute Gasteiger partial charge is 0.0175 e. The Morgan fingerprint density at radius 1 is 1.06 bits per heavy atom. The van der Waals surface area contributed by atoms with Gasteiger partial charge in [0.2, 0.25) is 0 Å². The van der Waals surface area contributed by atoms with Gasteiger partial charge in [-0.25, -0.2) is 0 Å². The van der Waals surface area contributed by atoms with E-state index in [1.807, 2.05) is 0 Å². The zero-order valence-electron chi connectivity index (χ0n) is 12.3. The Morgan fingerprint density at radius 2 is 1.65 bits per heavy atom. The van der Waals surface area contributed by atoms with Crippen LogP contribution in [0, 0.1) is 0 Å². The van der Waals surface area contributed by atoms with E-state index in [0.29, 0.717) is 0 Å². The lowest BCUT2D eigenvalue weighted by Crippen LogP contribution is -1.96. The highest BCUT2D eigenvalue weighted by Gasteiger charge is 2.08. The van der Waals surface area contributed by atoms with Gasteiger partial charge in [0.25, 0.3) is 0 Å². The maximum absolute atomic E-state index is 4.24. The standard InChI is InChI=1S/C17H28/c1-8-10-11-12-15(6)17(13(3)4)16(7)14(5)9-2/h9H,3,6,8,10-12H2,1-2,4-5,7H3. The van der Waals surface area contributed by atoms with E-state index >= 15 is 0 Å². The maximum Gasteiger partial charge on any atom is -0.0175 e. The van der Waals surface area contributed by atoms with E-state index in [4.69, 9.17) is 0 Å². The molecule has 0 saturated carbocycles. The predicted molar refractivity (Wildman–Crippen MR) is 80.2 cm³/mol.